The predicted molar refractivity (Wildman–Crippen MR) is 125 cm³/mol. The number of ether oxygens (including phenoxy) is 1. The van der Waals surface area contributed by atoms with Crippen molar-refractivity contribution in [2.24, 2.45) is 4.99 Å². The Balaban J connectivity index is 1.61. The van der Waals surface area contributed by atoms with Crippen LogP contribution in [0.4, 0.5) is 10.1 Å². The van der Waals surface area contributed by atoms with E-state index in [0.29, 0.717) is 33.9 Å². The number of aromatic nitrogens is 1. The molecule has 0 aliphatic rings. The third kappa shape index (κ3) is 5.19. The molecule has 0 spiro atoms. The highest BCUT2D eigenvalue weighted by Crippen LogP contribution is 2.20. The van der Waals surface area contributed by atoms with Gasteiger partial charge < -0.3 is 9.30 Å². The lowest BCUT2D eigenvalue weighted by atomic mass is 10.2. The summed E-state index contributed by atoms with van der Waals surface area (Å²) in [5.41, 5.74) is 1.37. The van der Waals surface area contributed by atoms with E-state index in [0.717, 1.165) is 5.52 Å². The number of carbonyl (C=O) groups is 1. The van der Waals surface area contributed by atoms with E-state index in [9.17, 15) is 17.6 Å². The number of fused-ring (bicyclic) bond motifs is 1. The smallest absolute Gasteiger partial charge is 0.279 e. The molecular formula is C23H20FN3O4S2. The molecule has 10 heteroatoms. The minimum atomic E-state index is -3.73. The van der Waals surface area contributed by atoms with E-state index < -0.39 is 15.9 Å². The zero-order chi connectivity index (χ0) is 23.4. The quantitative estimate of drug-likeness (QED) is 0.428. The fourth-order valence-electron chi connectivity index (χ4n) is 3.18. The highest BCUT2D eigenvalue weighted by atomic mass is 32.2. The van der Waals surface area contributed by atoms with Gasteiger partial charge in [0.1, 0.15) is 5.82 Å². The van der Waals surface area contributed by atoms with E-state index in [-0.39, 0.29) is 10.7 Å². The second kappa shape index (κ2) is 9.65. The Labute approximate surface area is 193 Å². The number of nitrogens with zero attached hydrogens (tertiary/aromatic N) is 2. The number of carbonyl (C=O) groups excluding carboxylic acids is 1. The van der Waals surface area contributed by atoms with E-state index in [2.05, 4.69) is 9.71 Å². The molecule has 4 aromatic rings. The highest BCUT2D eigenvalue weighted by Gasteiger charge is 2.14. The van der Waals surface area contributed by atoms with Gasteiger partial charge in [0.25, 0.3) is 15.9 Å². The maximum absolute atomic E-state index is 13.6. The largest absolute Gasteiger partial charge is 0.383 e. The summed E-state index contributed by atoms with van der Waals surface area (Å²) in [4.78, 5) is 17.6. The normalized spacial score (nSPS) is 12.2. The van der Waals surface area contributed by atoms with Crippen LogP contribution in [0.3, 0.4) is 0 Å². The maximum Gasteiger partial charge on any atom is 0.279 e. The number of hydrogen-bond donors (Lipinski definition) is 1. The molecule has 1 heterocycles. The van der Waals surface area contributed by atoms with Crippen LogP contribution in [0, 0.1) is 5.82 Å². The first-order valence-electron chi connectivity index (χ1n) is 9.92. The van der Waals surface area contributed by atoms with Gasteiger partial charge >= 0.3 is 0 Å². The first-order valence-corrected chi connectivity index (χ1v) is 12.2. The molecule has 0 bridgehead atoms. The van der Waals surface area contributed by atoms with E-state index in [1.807, 2.05) is 4.57 Å². The van der Waals surface area contributed by atoms with Crippen molar-refractivity contribution in [1.82, 2.24) is 4.57 Å². The summed E-state index contributed by atoms with van der Waals surface area (Å²) < 4.78 is 48.7. The Kier molecular flexibility index (Phi) is 6.68. The lowest BCUT2D eigenvalue weighted by Gasteiger charge is -2.08. The van der Waals surface area contributed by atoms with Gasteiger partial charge in [-0.25, -0.2) is 12.8 Å². The molecule has 170 valence electrons. The molecule has 7 nitrogen and oxygen atoms in total. The van der Waals surface area contributed by atoms with Crippen LogP contribution in [0.25, 0.3) is 10.2 Å². The SMILES string of the molecule is COCCn1c(=NC(=O)c2ccc(NS(=O)(=O)c3ccccc3)cc2)sc2cc(F)ccc21. The molecular weight excluding hydrogens is 465 g/mol. The van der Waals surface area contributed by atoms with Gasteiger partial charge in [-0.05, 0) is 54.6 Å². The summed E-state index contributed by atoms with van der Waals surface area (Å²) in [5, 5.41) is 0. The van der Waals surface area contributed by atoms with Crippen LogP contribution in [0.1, 0.15) is 10.4 Å². The molecule has 1 N–H and O–H groups in total. The molecule has 33 heavy (non-hydrogen) atoms. The van der Waals surface area contributed by atoms with Crippen molar-refractivity contribution in [2.75, 3.05) is 18.4 Å². The van der Waals surface area contributed by atoms with Gasteiger partial charge in [-0.1, -0.05) is 29.5 Å². The monoisotopic (exact) mass is 485 g/mol. The maximum atomic E-state index is 13.6. The number of methoxy groups -OCH3 is 1. The second-order valence-electron chi connectivity index (χ2n) is 7.05. The van der Waals surface area contributed by atoms with Crippen LogP contribution in [0.5, 0.6) is 0 Å². The zero-order valence-electron chi connectivity index (χ0n) is 17.6. The van der Waals surface area contributed by atoms with Gasteiger partial charge in [-0.3, -0.25) is 9.52 Å². The molecule has 0 radical (unpaired) electrons. The topological polar surface area (TPSA) is 89.8 Å². The summed E-state index contributed by atoms with van der Waals surface area (Å²) in [6.45, 7) is 0.856. The number of rotatable bonds is 7. The number of benzene rings is 3. The van der Waals surface area contributed by atoms with Gasteiger partial charge in [-0.15, -0.1) is 0 Å². The Morgan fingerprint density at radius 2 is 1.82 bits per heavy atom. The molecule has 0 fully saturated rings. The fourth-order valence-corrected chi connectivity index (χ4v) is 5.34. The van der Waals surface area contributed by atoms with Crippen molar-refractivity contribution < 1.29 is 22.3 Å². The van der Waals surface area contributed by atoms with E-state index in [1.165, 1.54) is 59.9 Å². The van der Waals surface area contributed by atoms with Gasteiger partial charge in [0.2, 0.25) is 0 Å². The first-order chi connectivity index (χ1) is 15.9. The first kappa shape index (κ1) is 22.8. The number of sulfonamides is 1. The molecule has 0 saturated heterocycles. The molecule has 1 aromatic heterocycles. The van der Waals surface area contributed by atoms with Crippen LogP contribution in [0.15, 0.2) is 82.7 Å². The lowest BCUT2D eigenvalue weighted by Crippen LogP contribution is -2.19. The minimum Gasteiger partial charge on any atom is -0.383 e. The molecule has 0 saturated carbocycles. The Bertz CT molecular complexity index is 1460. The Morgan fingerprint density at radius 3 is 2.52 bits per heavy atom. The van der Waals surface area contributed by atoms with Crippen molar-refractivity contribution in [3.05, 3.63) is 89.0 Å². The number of thiazole rings is 1. The highest BCUT2D eigenvalue weighted by molar-refractivity contribution is 7.92. The van der Waals surface area contributed by atoms with Crippen molar-refractivity contribution >= 4 is 43.2 Å². The van der Waals surface area contributed by atoms with Crippen molar-refractivity contribution in [1.29, 1.82) is 0 Å². The number of anilines is 1. The molecule has 0 atom stereocenters. The number of amides is 1. The minimum absolute atomic E-state index is 0.141. The molecule has 4 rings (SSSR count). The molecule has 3 aromatic carbocycles. The third-order valence-electron chi connectivity index (χ3n) is 4.80. The molecule has 0 aliphatic carbocycles. The van der Waals surface area contributed by atoms with Crippen molar-refractivity contribution in [2.45, 2.75) is 11.4 Å². The van der Waals surface area contributed by atoms with Crippen LogP contribution >= 0.6 is 11.3 Å². The Hall–Kier alpha value is -3.34. The van der Waals surface area contributed by atoms with E-state index >= 15 is 0 Å². The van der Waals surface area contributed by atoms with Crippen LogP contribution < -0.4 is 9.52 Å². The van der Waals surface area contributed by atoms with Crippen molar-refractivity contribution in [3.63, 3.8) is 0 Å². The third-order valence-corrected chi connectivity index (χ3v) is 7.24. The predicted octanol–water partition coefficient (Wildman–Crippen LogP) is 4.03. The average Bonchev–Trinajstić information content (AvgIpc) is 3.14. The van der Waals surface area contributed by atoms with Gasteiger partial charge in [0.05, 0.1) is 21.7 Å². The van der Waals surface area contributed by atoms with Gasteiger partial charge in [0, 0.05) is 24.9 Å². The fraction of sp³-hybridized carbons (Fsp3) is 0.130. The lowest BCUT2D eigenvalue weighted by molar-refractivity contribution is 0.0997. The summed E-state index contributed by atoms with van der Waals surface area (Å²) in [6, 6.07) is 18.4. The summed E-state index contributed by atoms with van der Waals surface area (Å²) >= 11 is 1.21. The number of hydrogen-bond acceptors (Lipinski definition) is 5. The second-order valence-corrected chi connectivity index (χ2v) is 9.75. The van der Waals surface area contributed by atoms with Crippen LogP contribution in [-0.4, -0.2) is 32.6 Å². The van der Waals surface area contributed by atoms with E-state index in [1.54, 1.807) is 31.4 Å². The number of nitrogens with one attached hydrogen (secondary N) is 1. The van der Waals surface area contributed by atoms with E-state index in [4.69, 9.17) is 4.74 Å². The van der Waals surface area contributed by atoms with Crippen LogP contribution in [0.2, 0.25) is 0 Å². The Morgan fingerprint density at radius 1 is 1.09 bits per heavy atom. The number of halogens is 1. The standard InChI is InChI=1S/C23H20FN3O4S2/c1-31-14-13-27-20-12-9-17(24)15-21(20)32-23(27)25-22(28)16-7-10-18(11-8-16)26-33(29,30)19-5-3-2-4-6-19/h2-12,15,26H,13-14H2,1H3. The summed E-state index contributed by atoms with van der Waals surface area (Å²) in [5.74, 6) is -0.861. The average molecular weight is 486 g/mol. The summed E-state index contributed by atoms with van der Waals surface area (Å²) in [6.07, 6.45) is 0. The molecule has 0 aliphatic heterocycles. The molecule has 1 amide bonds. The van der Waals surface area contributed by atoms with Gasteiger partial charge in [-0.2, -0.15) is 4.99 Å². The van der Waals surface area contributed by atoms with Crippen LogP contribution in [-0.2, 0) is 21.3 Å². The van der Waals surface area contributed by atoms with Crippen molar-refractivity contribution in [3.8, 4) is 0 Å². The summed E-state index contributed by atoms with van der Waals surface area (Å²) in [7, 11) is -2.16. The molecule has 0 unspecified atom stereocenters. The van der Waals surface area contributed by atoms with Gasteiger partial charge in [0.15, 0.2) is 4.80 Å². The zero-order valence-corrected chi connectivity index (χ0v) is 19.2.